The molecule has 0 amide bonds. The molecule has 0 aliphatic rings. The lowest BCUT2D eigenvalue weighted by atomic mass is 10.4. The summed E-state index contributed by atoms with van der Waals surface area (Å²) in [6.45, 7) is 1.90. The second-order valence-electron chi connectivity index (χ2n) is 4.04. The van der Waals surface area contributed by atoms with Crippen LogP contribution >= 0.6 is 11.3 Å². The highest BCUT2D eigenvalue weighted by Crippen LogP contribution is 2.21. The number of carboxylic acid groups (broad SMARTS) is 1. The summed E-state index contributed by atoms with van der Waals surface area (Å²) in [6.07, 6.45) is 0.973. The Morgan fingerprint density at radius 1 is 1.55 bits per heavy atom. The minimum Gasteiger partial charge on any atom is -0.478 e. The summed E-state index contributed by atoms with van der Waals surface area (Å²) < 4.78 is 25.7. The number of aryl methyl sites for hydroxylation is 1. The van der Waals surface area contributed by atoms with Crippen LogP contribution in [-0.4, -0.2) is 46.0 Å². The number of hydrogen-bond donors (Lipinski definition) is 2. The van der Waals surface area contributed by atoms with Crippen LogP contribution in [-0.2, 0) is 16.6 Å². The van der Waals surface area contributed by atoms with Crippen molar-refractivity contribution in [1.29, 1.82) is 0 Å². The summed E-state index contributed by atoms with van der Waals surface area (Å²) in [6, 6.07) is 0. The maximum absolute atomic E-state index is 12.3. The predicted octanol–water partition coefficient (Wildman–Crippen LogP) is 0.694. The van der Waals surface area contributed by atoms with Gasteiger partial charge in [0.15, 0.2) is 5.03 Å². The molecular formula is C10H12N4O4S2. The molecule has 0 saturated heterocycles. The topological polar surface area (TPSA) is 116 Å². The number of aromatic carboxylic acids is 1. The molecule has 0 fully saturated rings. The van der Waals surface area contributed by atoms with Gasteiger partial charge in [0.25, 0.3) is 10.0 Å². The fourth-order valence-electron chi connectivity index (χ4n) is 1.54. The number of carboxylic acids is 1. The van der Waals surface area contributed by atoms with Crippen LogP contribution < -0.4 is 0 Å². The van der Waals surface area contributed by atoms with Gasteiger partial charge >= 0.3 is 5.97 Å². The van der Waals surface area contributed by atoms with Crippen LogP contribution in [0.15, 0.2) is 16.7 Å². The van der Waals surface area contributed by atoms with Gasteiger partial charge in [-0.2, -0.15) is 9.40 Å². The van der Waals surface area contributed by atoms with E-state index in [0.717, 1.165) is 21.1 Å². The molecule has 2 N–H and O–H groups in total. The van der Waals surface area contributed by atoms with Gasteiger partial charge in [-0.3, -0.25) is 5.10 Å². The van der Waals surface area contributed by atoms with Crippen LogP contribution in [0.1, 0.15) is 20.9 Å². The molecule has 0 radical (unpaired) electrons. The molecule has 0 aliphatic heterocycles. The fraction of sp³-hybridized carbons (Fsp3) is 0.300. The SMILES string of the molecule is Cc1ncsc1CN(C)S(=O)(=O)c1[nH]ncc1C(=O)O. The molecule has 0 aliphatic carbocycles. The summed E-state index contributed by atoms with van der Waals surface area (Å²) >= 11 is 1.34. The van der Waals surface area contributed by atoms with Crippen LogP contribution in [0.4, 0.5) is 0 Å². The number of H-pyrrole nitrogens is 1. The maximum atomic E-state index is 12.3. The molecule has 0 unspecified atom stereocenters. The number of aromatic nitrogens is 3. The zero-order valence-electron chi connectivity index (χ0n) is 10.7. The lowest BCUT2D eigenvalue weighted by Crippen LogP contribution is -2.28. The summed E-state index contributed by atoms with van der Waals surface area (Å²) in [5, 5.41) is 14.2. The molecule has 20 heavy (non-hydrogen) atoms. The van der Waals surface area contributed by atoms with E-state index in [9.17, 15) is 13.2 Å². The number of nitrogens with one attached hydrogen (secondary N) is 1. The molecule has 8 nitrogen and oxygen atoms in total. The fourth-order valence-corrected chi connectivity index (χ4v) is 3.65. The van der Waals surface area contributed by atoms with Gasteiger partial charge in [-0.05, 0) is 6.92 Å². The minimum absolute atomic E-state index is 0.122. The molecule has 108 valence electrons. The molecule has 0 bridgehead atoms. The van der Waals surface area contributed by atoms with Gasteiger partial charge in [-0.1, -0.05) is 0 Å². The highest BCUT2D eigenvalue weighted by Gasteiger charge is 2.29. The molecule has 2 aromatic heterocycles. The average molecular weight is 316 g/mol. The van der Waals surface area contributed by atoms with Gasteiger partial charge in [-0.15, -0.1) is 11.3 Å². The van der Waals surface area contributed by atoms with E-state index >= 15 is 0 Å². The first-order valence-electron chi connectivity index (χ1n) is 5.46. The zero-order chi connectivity index (χ0) is 14.9. The van der Waals surface area contributed by atoms with Crippen LogP contribution in [0.25, 0.3) is 0 Å². The quantitative estimate of drug-likeness (QED) is 0.838. The lowest BCUT2D eigenvalue weighted by Gasteiger charge is -2.15. The van der Waals surface area contributed by atoms with E-state index in [-0.39, 0.29) is 12.1 Å². The first kappa shape index (κ1) is 14.6. The number of rotatable bonds is 5. The Labute approximate surface area is 119 Å². The summed E-state index contributed by atoms with van der Waals surface area (Å²) in [7, 11) is -2.57. The first-order chi connectivity index (χ1) is 9.34. The van der Waals surface area contributed by atoms with Crippen LogP contribution in [0.3, 0.4) is 0 Å². The van der Waals surface area contributed by atoms with Gasteiger partial charge in [0.05, 0.1) is 17.4 Å². The lowest BCUT2D eigenvalue weighted by molar-refractivity contribution is 0.0692. The number of thiazole rings is 1. The third-order valence-corrected chi connectivity index (χ3v) is 5.41. The van der Waals surface area contributed by atoms with Crippen molar-refractivity contribution in [2.75, 3.05) is 7.05 Å². The van der Waals surface area contributed by atoms with Gasteiger partial charge in [0.2, 0.25) is 0 Å². The normalized spacial score (nSPS) is 11.9. The standard InChI is InChI=1S/C10H12N4O4S2/c1-6-8(19-5-11-6)4-14(2)20(17,18)9-7(10(15)16)3-12-13-9/h3,5H,4H2,1-2H3,(H,12,13)(H,15,16). The van der Waals surface area contributed by atoms with Gasteiger partial charge < -0.3 is 5.11 Å². The highest BCUT2D eigenvalue weighted by atomic mass is 32.2. The van der Waals surface area contributed by atoms with Crippen LogP contribution in [0.5, 0.6) is 0 Å². The van der Waals surface area contributed by atoms with Crippen molar-refractivity contribution < 1.29 is 18.3 Å². The molecule has 0 atom stereocenters. The summed E-state index contributed by atoms with van der Waals surface area (Å²) in [5.41, 5.74) is 2.00. The van der Waals surface area contributed by atoms with E-state index in [4.69, 9.17) is 5.11 Å². The number of nitrogens with zero attached hydrogens (tertiary/aromatic N) is 3. The van der Waals surface area contributed by atoms with E-state index in [1.807, 2.05) is 0 Å². The molecule has 0 saturated carbocycles. The third-order valence-electron chi connectivity index (χ3n) is 2.71. The Balaban J connectivity index is 2.32. The van der Waals surface area contributed by atoms with E-state index in [2.05, 4.69) is 15.2 Å². The minimum atomic E-state index is -3.95. The van der Waals surface area contributed by atoms with Crippen molar-refractivity contribution >= 4 is 27.3 Å². The van der Waals surface area contributed by atoms with Gasteiger partial charge in [0.1, 0.15) is 5.56 Å². The number of sulfonamides is 1. The summed E-state index contributed by atoms with van der Waals surface area (Å²) in [5.74, 6) is -1.35. The highest BCUT2D eigenvalue weighted by molar-refractivity contribution is 7.89. The Bertz CT molecular complexity index is 734. The number of aromatic amines is 1. The molecule has 2 aromatic rings. The molecule has 0 aromatic carbocycles. The van der Waals surface area contributed by atoms with E-state index < -0.39 is 21.0 Å². The van der Waals surface area contributed by atoms with Crippen molar-refractivity contribution in [3.05, 3.63) is 27.8 Å². The maximum Gasteiger partial charge on any atom is 0.340 e. The first-order valence-corrected chi connectivity index (χ1v) is 7.78. The second-order valence-corrected chi connectivity index (χ2v) is 6.96. The van der Waals surface area contributed by atoms with E-state index in [1.54, 1.807) is 12.4 Å². The Kier molecular flexibility index (Phi) is 3.88. The zero-order valence-corrected chi connectivity index (χ0v) is 12.3. The molecule has 0 spiro atoms. The largest absolute Gasteiger partial charge is 0.478 e. The molecule has 2 heterocycles. The van der Waals surface area contributed by atoms with E-state index in [0.29, 0.717) is 0 Å². The van der Waals surface area contributed by atoms with Crippen LogP contribution in [0.2, 0.25) is 0 Å². The Morgan fingerprint density at radius 3 is 2.80 bits per heavy atom. The monoisotopic (exact) mass is 316 g/mol. The number of carbonyl (C=O) groups is 1. The predicted molar refractivity (Wildman–Crippen MR) is 71.1 cm³/mol. The number of hydrogen-bond acceptors (Lipinski definition) is 6. The molecule has 2 rings (SSSR count). The molecular weight excluding hydrogens is 304 g/mol. The van der Waals surface area contributed by atoms with Crippen molar-refractivity contribution in [3.63, 3.8) is 0 Å². The average Bonchev–Trinajstić information content (AvgIpc) is 2.99. The van der Waals surface area contributed by atoms with Crippen molar-refractivity contribution in [2.24, 2.45) is 0 Å². The Morgan fingerprint density at radius 2 is 2.25 bits per heavy atom. The van der Waals surface area contributed by atoms with Gasteiger partial charge in [-0.25, -0.2) is 18.2 Å². The van der Waals surface area contributed by atoms with Crippen LogP contribution in [0, 0.1) is 6.92 Å². The summed E-state index contributed by atoms with van der Waals surface area (Å²) in [4.78, 5) is 15.8. The van der Waals surface area contributed by atoms with Crippen molar-refractivity contribution in [2.45, 2.75) is 18.5 Å². The second kappa shape index (κ2) is 5.31. The van der Waals surface area contributed by atoms with Gasteiger partial charge in [0, 0.05) is 18.5 Å². The van der Waals surface area contributed by atoms with Crippen molar-refractivity contribution in [1.82, 2.24) is 19.5 Å². The van der Waals surface area contributed by atoms with E-state index in [1.165, 1.54) is 18.4 Å². The molecule has 10 heteroatoms. The van der Waals surface area contributed by atoms with Crippen molar-refractivity contribution in [3.8, 4) is 0 Å². The Hall–Kier alpha value is -1.78. The smallest absolute Gasteiger partial charge is 0.340 e. The third kappa shape index (κ3) is 2.57.